The molecular weight excluding hydrogens is 448 g/mol. The van der Waals surface area contributed by atoms with Crippen LogP contribution in [-0.4, -0.2) is 38.5 Å². The normalized spacial score (nSPS) is 17.1. The van der Waals surface area contributed by atoms with Crippen molar-refractivity contribution in [2.45, 2.75) is 18.3 Å². The molecule has 1 amide bonds. The summed E-state index contributed by atoms with van der Waals surface area (Å²) < 4.78 is 5.75. The van der Waals surface area contributed by atoms with Crippen LogP contribution in [-0.2, 0) is 16.2 Å². The molecular formula is C19H15ClN4O6S. The van der Waals surface area contributed by atoms with Gasteiger partial charge in [0.1, 0.15) is 17.6 Å². The molecule has 10 nitrogen and oxygen atoms in total. The maximum absolute atomic E-state index is 11.7. The van der Waals surface area contributed by atoms with E-state index in [-0.39, 0.29) is 23.9 Å². The minimum absolute atomic E-state index is 0.135. The highest BCUT2D eigenvalue weighted by Gasteiger charge is 2.32. The molecule has 1 aliphatic heterocycles. The van der Waals surface area contributed by atoms with E-state index in [4.69, 9.17) is 21.4 Å². The number of amides is 1. The van der Waals surface area contributed by atoms with Crippen LogP contribution in [0.15, 0.2) is 52.7 Å². The second-order valence-electron chi connectivity index (χ2n) is 6.20. The molecule has 31 heavy (non-hydrogen) atoms. The lowest BCUT2D eigenvalue weighted by atomic mass is 10.2. The molecule has 1 atom stereocenters. The molecule has 3 rings (SSSR count). The van der Waals surface area contributed by atoms with Gasteiger partial charge in [0.25, 0.3) is 5.69 Å². The largest absolute Gasteiger partial charge is 0.488 e. The van der Waals surface area contributed by atoms with Crippen molar-refractivity contribution in [3.63, 3.8) is 0 Å². The average Bonchev–Trinajstić information content (AvgIpc) is 3.06. The minimum atomic E-state index is -1.10. The molecule has 1 fully saturated rings. The number of carbonyl (C=O) groups excluding carboxylic acids is 1. The van der Waals surface area contributed by atoms with E-state index >= 15 is 0 Å². The number of rotatable bonds is 8. The topological polar surface area (TPSA) is 143 Å². The predicted molar refractivity (Wildman–Crippen MR) is 116 cm³/mol. The van der Waals surface area contributed by atoms with Gasteiger partial charge >= 0.3 is 5.97 Å². The molecule has 0 saturated carbocycles. The van der Waals surface area contributed by atoms with Crippen LogP contribution in [0.5, 0.6) is 5.75 Å². The Morgan fingerprint density at radius 1 is 1.35 bits per heavy atom. The Labute approximate surface area is 185 Å². The van der Waals surface area contributed by atoms with Gasteiger partial charge in [-0.3, -0.25) is 19.7 Å². The van der Waals surface area contributed by atoms with E-state index in [1.54, 1.807) is 18.2 Å². The lowest BCUT2D eigenvalue weighted by Crippen LogP contribution is -2.26. The third-order valence-electron chi connectivity index (χ3n) is 4.03. The standard InChI is InChI=1S/C19H15ClN4O6S/c20-14-4-2-1-3-11(14)10-30-15-6-5-13(24(28)29)7-12(15)9-21-23-19-22-18(27)16(31-19)8-17(25)26/h1-7,9,16H,8,10H2,(H,25,26)(H,22,23,27). The van der Waals surface area contributed by atoms with E-state index in [1.165, 1.54) is 24.4 Å². The Hall–Kier alpha value is -3.44. The third kappa shape index (κ3) is 6.03. The van der Waals surface area contributed by atoms with Crippen LogP contribution in [0.4, 0.5) is 5.69 Å². The number of thioether (sulfide) groups is 1. The van der Waals surface area contributed by atoms with Crippen molar-refractivity contribution in [2.24, 2.45) is 10.2 Å². The van der Waals surface area contributed by atoms with Gasteiger partial charge in [0.05, 0.1) is 17.6 Å². The number of aliphatic carboxylic acids is 1. The number of nitrogens with one attached hydrogen (secondary N) is 1. The van der Waals surface area contributed by atoms with Crippen LogP contribution in [0.2, 0.25) is 5.02 Å². The molecule has 1 heterocycles. The molecule has 0 spiro atoms. The monoisotopic (exact) mass is 462 g/mol. The number of carboxylic acid groups (broad SMARTS) is 1. The maximum Gasteiger partial charge on any atom is 0.305 e. The van der Waals surface area contributed by atoms with E-state index < -0.39 is 22.0 Å². The van der Waals surface area contributed by atoms with Crippen molar-refractivity contribution >= 4 is 52.3 Å². The van der Waals surface area contributed by atoms with Crippen molar-refractivity contribution in [3.8, 4) is 5.75 Å². The predicted octanol–water partition coefficient (Wildman–Crippen LogP) is 3.22. The fourth-order valence-corrected chi connectivity index (χ4v) is 3.65. The van der Waals surface area contributed by atoms with Crippen molar-refractivity contribution in [1.29, 1.82) is 0 Å². The first-order valence-corrected chi connectivity index (χ1v) is 10.0. The number of ether oxygens (including phenoxy) is 1. The Kier molecular flexibility index (Phi) is 7.21. The Bertz CT molecular complexity index is 1090. The zero-order valence-electron chi connectivity index (χ0n) is 15.7. The lowest BCUT2D eigenvalue weighted by Gasteiger charge is -2.10. The molecule has 1 unspecified atom stereocenters. The first kappa shape index (κ1) is 22.2. The van der Waals surface area contributed by atoms with Crippen LogP contribution in [0.1, 0.15) is 17.5 Å². The molecule has 1 aliphatic rings. The maximum atomic E-state index is 11.7. The van der Waals surface area contributed by atoms with Crippen molar-refractivity contribution < 1.29 is 24.4 Å². The quantitative estimate of drug-likeness (QED) is 0.348. The summed E-state index contributed by atoms with van der Waals surface area (Å²) in [7, 11) is 0. The number of nitrogens with zero attached hydrogens (tertiary/aromatic N) is 3. The van der Waals surface area contributed by atoms with Crippen LogP contribution < -0.4 is 10.1 Å². The molecule has 2 N–H and O–H groups in total. The molecule has 0 bridgehead atoms. The lowest BCUT2D eigenvalue weighted by molar-refractivity contribution is -0.384. The third-order valence-corrected chi connectivity index (χ3v) is 5.47. The zero-order chi connectivity index (χ0) is 22.4. The average molecular weight is 463 g/mol. The number of nitro benzene ring substituents is 1. The summed E-state index contributed by atoms with van der Waals surface area (Å²) in [5.41, 5.74) is 0.867. The molecule has 2 aromatic rings. The molecule has 12 heteroatoms. The van der Waals surface area contributed by atoms with Gasteiger partial charge in [-0.05, 0) is 12.1 Å². The Balaban J connectivity index is 1.77. The summed E-state index contributed by atoms with van der Waals surface area (Å²) in [6.45, 7) is 0.135. The fourth-order valence-electron chi connectivity index (χ4n) is 2.54. The van der Waals surface area contributed by atoms with Gasteiger partial charge in [-0.25, -0.2) is 0 Å². The Morgan fingerprint density at radius 2 is 2.13 bits per heavy atom. The molecule has 0 aliphatic carbocycles. The number of carboxylic acids is 1. The first-order chi connectivity index (χ1) is 14.8. The van der Waals surface area contributed by atoms with Gasteiger partial charge in [0, 0.05) is 28.3 Å². The summed E-state index contributed by atoms with van der Waals surface area (Å²) in [5.74, 6) is -1.25. The number of carbonyl (C=O) groups is 2. The van der Waals surface area contributed by atoms with Crippen LogP contribution >= 0.6 is 23.4 Å². The zero-order valence-corrected chi connectivity index (χ0v) is 17.3. The summed E-state index contributed by atoms with van der Waals surface area (Å²) in [6, 6.07) is 11.1. The first-order valence-electron chi connectivity index (χ1n) is 8.78. The summed E-state index contributed by atoms with van der Waals surface area (Å²) in [5, 5.41) is 29.9. The minimum Gasteiger partial charge on any atom is -0.488 e. The van der Waals surface area contributed by atoms with Crippen molar-refractivity contribution in [3.05, 3.63) is 68.7 Å². The van der Waals surface area contributed by atoms with Crippen molar-refractivity contribution in [1.82, 2.24) is 5.32 Å². The molecule has 0 radical (unpaired) electrons. The highest BCUT2D eigenvalue weighted by atomic mass is 35.5. The Morgan fingerprint density at radius 3 is 2.84 bits per heavy atom. The van der Waals surface area contributed by atoms with Crippen LogP contribution in [0, 0.1) is 10.1 Å². The van der Waals surface area contributed by atoms with Crippen LogP contribution in [0.3, 0.4) is 0 Å². The van der Waals surface area contributed by atoms with E-state index in [2.05, 4.69) is 15.5 Å². The molecule has 160 valence electrons. The SMILES string of the molecule is O=C(O)CC1S/C(=N/N=Cc2cc([N+](=O)[O-])ccc2OCc2ccccc2Cl)NC1=O. The van der Waals surface area contributed by atoms with Gasteiger partial charge in [-0.15, -0.1) is 5.10 Å². The highest BCUT2D eigenvalue weighted by Crippen LogP contribution is 2.26. The van der Waals surface area contributed by atoms with E-state index in [9.17, 15) is 19.7 Å². The van der Waals surface area contributed by atoms with Crippen molar-refractivity contribution in [2.75, 3.05) is 0 Å². The number of hydrogen-bond acceptors (Lipinski definition) is 8. The van der Waals surface area contributed by atoms with Gasteiger partial charge in [0.15, 0.2) is 5.17 Å². The number of benzene rings is 2. The smallest absolute Gasteiger partial charge is 0.305 e. The number of nitro groups is 1. The summed E-state index contributed by atoms with van der Waals surface area (Å²) in [4.78, 5) is 33.1. The number of non-ortho nitro benzene ring substituents is 1. The van der Waals surface area contributed by atoms with Gasteiger partial charge in [0.2, 0.25) is 5.91 Å². The van der Waals surface area contributed by atoms with E-state index in [0.717, 1.165) is 17.3 Å². The van der Waals surface area contributed by atoms with Gasteiger partial charge < -0.3 is 15.2 Å². The molecule has 1 saturated heterocycles. The number of hydrogen-bond donors (Lipinski definition) is 2. The van der Waals surface area contributed by atoms with Gasteiger partial charge in [-0.2, -0.15) is 5.10 Å². The van der Waals surface area contributed by atoms with E-state index in [0.29, 0.717) is 16.3 Å². The molecule has 0 aromatic heterocycles. The fraction of sp³-hybridized carbons (Fsp3) is 0.158. The van der Waals surface area contributed by atoms with E-state index in [1.807, 2.05) is 6.07 Å². The second-order valence-corrected chi connectivity index (χ2v) is 7.80. The summed E-state index contributed by atoms with van der Waals surface area (Å²) in [6.07, 6.45) is 0.906. The number of halogens is 1. The highest BCUT2D eigenvalue weighted by molar-refractivity contribution is 8.15. The molecule has 2 aromatic carbocycles. The van der Waals surface area contributed by atoms with Crippen LogP contribution in [0.25, 0.3) is 0 Å². The summed E-state index contributed by atoms with van der Waals surface area (Å²) >= 11 is 7.07. The number of amidine groups is 1. The second kappa shape index (κ2) is 10.0. The van der Waals surface area contributed by atoms with Gasteiger partial charge in [-0.1, -0.05) is 41.6 Å².